The maximum atomic E-state index is 12.7. The number of likely N-dealkylation sites (tertiary alicyclic amines) is 1. The van der Waals surface area contributed by atoms with Crippen molar-refractivity contribution in [2.75, 3.05) is 25.0 Å². The van der Waals surface area contributed by atoms with E-state index in [2.05, 4.69) is 15.2 Å². The Morgan fingerprint density at radius 1 is 1.29 bits per heavy atom. The van der Waals surface area contributed by atoms with E-state index in [1.165, 1.54) is 0 Å². The lowest BCUT2D eigenvalue weighted by Crippen LogP contribution is -2.39. The number of ether oxygens (including phenoxy) is 1. The molecule has 3 N–H and O–H groups in total. The average Bonchev–Trinajstić information content (AvgIpc) is 3.44. The lowest BCUT2D eigenvalue weighted by atomic mass is 9.96. The Morgan fingerprint density at radius 2 is 2.09 bits per heavy atom. The van der Waals surface area contributed by atoms with E-state index >= 15 is 0 Å². The summed E-state index contributed by atoms with van der Waals surface area (Å²) in [6.45, 7) is 5.44. The molecule has 0 bridgehead atoms. The third-order valence-electron chi connectivity index (χ3n) is 6.55. The number of aryl methyl sites for hydroxylation is 2. The van der Waals surface area contributed by atoms with Crippen molar-refractivity contribution < 1.29 is 14.3 Å². The summed E-state index contributed by atoms with van der Waals surface area (Å²) in [5.74, 6) is 1.01. The monoisotopic (exact) mass is 487 g/mol. The number of aromatic nitrogens is 4. The number of hydrogen-bond donors (Lipinski definition) is 2. The van der Waals surface area contributed by atoms with Crippen molar-refractivity contribution in [3.8, 4) is 0 Å². The second kappa shape index (κ2) is 11.2. The molecule has 11 heteroatoms. The van der Waals surface area contributed by atoms with Crippen molar-refractivity contribution in [3.63, 3.8) is 0 Å². The van der Waals surface area contributed by atoms with E-state index in [1.807, 2.05) is 28.3 Å². The lowest BCUT2D eigenvalue weighted by molar-refractivity contribution is -0.121. The largest absolute Gasteiger partial charge is 0.376 e. The summed E-state index contributed by atoms with van der Waals surface area (Å²) in [7, 11) is 0. The summed E-state index contributed by atoms with van der Waals surface area (Å²) >= 11 is 5.74. The minimum Gasteiger partial charge on any atom is -0.376 e. The van der Waals surface area contributed by atoms with Gasteiger partial charge in [0.05, 0.1) is 19.3 Å². The molecule has 2 aliphatic rings. The van der Waals surface area contributed by atoms with E-state index in [0.717, 1.165) is 56.8 Å². The molecule has 4 rings (SSSR count). The van der Waals surface area contributed by atoms with Gasteiger partial charge in [0, 0.05) is 44.7 Å². The highest BCUT2D eigenvalue weighted by molar-refractivity contribution is 7.71. The highest BCUT2D eigenvalue weighted by Crippen LogP contribution is 2.21. The number of hydrogen-bond acceptors (Lipinski definition) is 7. The smallest absolute Gasteiger partial charge is 0.228 e. The zero-order valence-corrected chi connectivity index (χ0v) is 20.4. The molecule has 2 aromatic rings. The van der Waals surface area contributed by atoms with Crippen LogP contribution in [0.2, 0.25) is 0 Å². The maximum absolute atomic E-state index is 12.7. The Kier molecular flexibility index (Phi) is 8.07. The van der Waals surface area contributed by atoms with Crippen LogP contribution in [0.5, 0.6) is 0 Å². The number of anilines is 1. The van der Waals surface area contributed by atoms with E-state index in [0.29, 0.717) is 30.2 Å². The molecule has 2 aliphatic heterocycles. The molecule has 2 saturated heterocycles. The van der Waals surface area contributed by atoms with Crippen LogP contribution < -0.4 is 11.1 Å². The topological polar surface area (TPSA) is 120 Å². The number of pyridine rings is 1. The highest BCUT2D eigenvalue weighted by atomic mass is 32.1. The number of amides is 2. The number of carbonyl (C=O) groups excluding carboxylic acids is 2. The first-order valence-electron chi connectivity index (χ1n) is 11.9. The number of nitrogens with zero attached hydrogens (tertiary/aromatic N) is 5. The lowest BCUT2D eigenvalue weighted by Gasteiger charge is -2.30. The number of nitrogens with one attached hydrogen (secondary N) is 1. The molecule has 0 spiro atoms. The minimum atomic E-state index is -0.356. The summed E-state index contributed by atoms with van der Waals surface area (Å²) < 4.78 is 10.2. The Morgan fingerprint density at radius 3 is 2.76 bits per heavy atom. The fourth-order valence-electron chi connectivity index (χ4n) is 4.53. The first-order chi connectivity index (χ1) is 16.4. The third-order valence-corrected chi connectivity index (χ3v) is 6.98. The molecule has 2 fully saturated rings. The molecule has 0 aromatic carbocycles. The van der Waals surface area contributed by atoms with Gasteiger partial charge in [-0.2, -0.15) is 5.10 Å². The normalized spacial score (nSPS) is 19.4. The van der Waals surface area contributed by atoms with Gasteiger partial charge in [-0.15, -0.1) is 0 Å². The van der Waals surface area contributed by atoms with Gasteiger partial charge >= 0.3 is 0 Å². The van der Waals surface area contributed by atoms with Crippen molar-refractivity contribution >= 4 is 29.9 Å². The fourth-order valence-corrected chi connectivity index (χ4v) is 4.81. The van der Waals surface area contributed by atoms with Gasteiger partial charge in [0.2, 0.25) is 11.8 Å². The molecule has 184 valence electrons. The molecule has 2 amide bonds. The van der Waals surface area contributed by atoms with Gasteiger partial charge in [-0.3, -0.25) is 14.5 Å². The quantitative estimate of drug-likeness (QED) is 0.519. The van der Waals surface area contributed by atoms with Crippen molar-refractivity contribution in [1.82, 2.24) is 24.2 Å². The molecule has 4 heterocycles. The maximum Gasteiger partial charge on any atom is 0.228 e. The van der Waals surface area contributed by atoms with Crippen LogP contribution in [-0.2, 0) is 34.0 Å². The van der Waals surface area contributed by atoms with Gasteiger partial charge in [-0.1, -0.05) is 6.07 Å². The van der Waals surface area contributed by atoms with Gasteiger partial charge in [0.15, 0.2) is 4.77 Å². The van der Waals surface area contributed by atoms with Crippen molar-refractivity contribution in [3.05, 3.63) is 34.5 Å². The first kappa shape index (κ1) is 24.5. The highest BCUT2D eigenvalue weighted by Gasteiger charge is 2.27. The summed E-state index contributed by atoms with van der Waals surface area (Å²) in [6, 6.07) is 3.79. The zero-order valence-electron chi connectivity index (χ0n) is 19.6. The van der Waals surface area contributed by atoms with E-state index in [9.17, 15) is 9.59 Å². The zero-order chi connectivity index (χ0) is 24.1. The molecule has 0 aliphatic carbocycles. The summed E-state index contributed by atoms with van der Waals surface area (Å²) in [5, 5.41) is 7.69. The summed E-state index contributed by atoms with van der Waals surface area (Å²) in [6.07, 6.45) is 6.05. The first-order valence-corrected chi connectivity index (χ1v) is 12.3. The van der Waals surface area contributed by atoms with E-state index in [1.54, 1.807) is 6.20 Å². The second-order valence-corrected chi connectivity index (χ2v) is 9.47. The third kappa shape index (κ3) is 6.08. The van der Waals surface area contributed by atoms with Crippen molar-refractivity contribution in [1.29, 1.82) is 0 Å². The number of piperidine rings is 1. The summed E-state index contributed by atoms with van der Waals surface area (Å²) in [5.41, 5.74) is 6.32. The second-order valence-electron chi connectivity index (χ2n) is 9.10. The predicted octanol–water partition coefficient (Wildman–Crippen LogP) is 2.02. The molecular formula is C23H33N7O3S. The van der Waals surface area contributed by atoms with Gasteiger partial charge in [0.1, 0.15) is 11.6 Å². The summed E-state index contributed by atoms with van der Waals surface area (Å²) in [4.78, 5) is 30.6. The van der Waals surface area contributed by atoms with Crippen LogP contribution in [0.25, 0.3) is 0 Å². The Balaban J connectivity index is 1.37. The molecule has 0 unspecified atom stereocenters. The van der Waals surface area contributed by atoms with E-state index in [4.69, 9.17) is 27.8 Å². The predicted molar refractivity (Wildman–Crippen MR) is 129 cm³/mol. The molecule has 2 aromatic heterocycles. The van der Waals surface area contributed by atoms with Gasteiger partial charge in [-0.05, 0) is 56.5 Å². The van der Waals surface area contributed by atoms with Crippen molar-refractivity contribution in [2.45, 2.75) is 64.8 Å². The standard InChI is InChI=1S/C23H33N7O3S/c1-16-4-2-10-25-21(16)26-22(32)17-8-11-28(12-9-17)15-30-23(34)29(14-18-5-3-13-33-18)20(27-30)7-6-19(24)31/h2,4,10,17-18H,3,5-9,11-15H2,1H3,(H2,24,31)(H,25,26,32)/t18-/m0/s1. The van der Waals surface area contributed by atoms with Gasteiger partial charge in [-0.25, -0.2) is 9.67 Å². The Bertz CT molecular complexity index is 1070. The van der Waals surface area contributed by atoms with Gasteiger partial charge < -0.3 is 20.4 Å². The Hall–Kier alpha value is -2.63. The number of primary amides is 1. The minimum absolute atomic E-state index is 0.0210. The fraction of sp³-hybridized carbons (Fsp3) is 0.609. The average molecular weight is 488 g/mol. The van der Waals surface area contributed by atoms with Crippen molar-refractivity contribution in [2.24, 2.45) is 11.7 Å². The van der Waals surface area contributed by atoms with Crippen LogP contribution >= 0.6 is 12.2 Å². The van der Waals surface area contributed by atoms with Crippen LogP contribution in [0.3, 0.4) is 0 Å². The molecule has 34 heavy (non-hydrogen) atoms. The molecule has 0 saturated carbocycles. The van der Waals surface area contributed by atoms with Crippen LogP contribution in [0, 0.1) is 17.6 Å². The number of carbonyl (C=O) groups is 2. The SMILES string of the molecule is Cc1cccnc1NC(=O)C1CCN(Cn2nc(CCC(N)=O)n(C[C@@H]3CCCO3)c2=S)CC1. The number of nitrogens with two attached hydrogens (primary N) is 1. The molecule has 0 radical (unpaired) electrons. The molecule has 1 atom stereocenters. The van der Waals surface area contributed by atoms with Gasteiger partial charge in [0.25, 0.3) is 0 Å². The van der Waals surface area contributed by atoms with Crippen LogP contribution in [0.1, 0.15) is 43.5 Å². The molecular weight excluding hydrogens is 454 g/mol. The van der Waals surface area contributed by atoms with Crippen LogP contribution in [0.15, 0.2) is 18.3 Å². The van der Waals surface area contributed by atoms with Crippen LogP contribution in [0.4, 0.5) is 5.82 Å². The Labute approximate surface area is 204 Å². The van der Waals surface area contributed by atoms with E-state index < -0.39 is 0 Å². The van der Waals surface area contributed by atoms with Crippen LogP contribution in [-0.4, -0.2) is 61.8 Å². The number of rotatable bonds is 9. The molecule has 10 nitrogen and oxygen atoms in total. The van der Waals surface area contributed by atoms with E-state index in [-0.39, 0.29) is 30.3 Å².